The van der Waals surface area contributed by atoms with Crippen LogP contribution in [0, 0.1) is 12.8 Å². The molecule has 0 atom stereocenters. The van der Waals surface area contributed by atoms with E-state index in [0.29, 0.717) is 17.8 Å². The fraction of sp³-hybridized carbons (Fsp3) is 0.348. The van der Waals surface area contributed by atoms with Crippen molar-refractivity contribution in [3.8, 4) is 0 Å². The molecule has 2 aromatic carbocycles. The Morgan fingerprint density at radius 2 is 1.79 bits per heavy atom. The highest BCUT2D eigenvalue weighted by molar-refractivity contribution is 6.01. The van der Waals surface area contributed by atoms with Crippen LogP contribution in [-0.2, 0) is 16.0 Å². The van der Waals surface area contributed by atoms with Crippen molar-refractivity contribution in [1.82, 2.24) is 0 Å². The molecular weight excluding hydrogens is 352 g/mol. The summed E-state index contributed by atoms with van der Waals surface area (Å²) in [5.74, 6) is 0.145. The van der Waals surface area contributed by atoms with Crippen molar-refractivity contribution in [3.05, 3.63) is 59.2 Å². The van der Waals surface area contributed by atoms with Crippen LogP contribution >= 0.6 is 0 Å². The van der Waals surface area contributed by atoms with Crippen LogP contribution < -0.4 is 10.2 Å². The number of anilines is 2. The van der Waals surface area contributed by atoms with Gasteiger partial charge in [-0.1, -0.05) is 35.9 Å². The Bertz CT molecular complexity index is 929. The number of benzene rings is 2. The number of hydrogen-bond donors (Lipinski definition) is 1. The molecule has 0 saturated heterocycles. The third-order valence-corrected chi connectivity index (χ3v) is 5.41. The van der Waals surface area contributed by atoms with Gasteiger partial charge >= 0.3 is 0 Å². The minimum Gasteiger partial charge on any atom is -0.326 e. The molecule has 2 aliphatic rings. The van der Waals surface area contributed by atoms with Crippen LogP contribution in [0.4, 0.5) is 11.4 Å². The topological polar surface area (TPSA) is 66.5 Å². The average Bonchev–Trinajstić information content (AvgIpc) is 3.46. The Kier molecular flexibility index (Phi) is 4.99. The first-order valence-electron chi connectivity index (χ1n) is 9.85. The summed E-state index contributed by atoms with van der Waals surface area (Å²) in [5, 5.41) is 2.86. The van der Waals surface area contributed by atoms with Crippen molar-refractivity contribution in [2.45, 2.75) is 39.0 Å². The molecular formula is C23H24N2O3. The van der Waals surface area contributed by atoms with Gasteiger partial charge in [-0.25, -0.2) is 0 Å². The molecule has 5 nitrogen and oxygen atoms in total. The van der Waals surface area contributed by atoms with Gasteiger partial charge in [0.2, 0.25) is 11.8 Å². The zero-order chi connectivity index (χ0) is 19.7. The highest BCUT2D eigenvalue weighted by Gasteiger charge is 2.36. The number of fused-ring (bicyclic) bond motifs is 1. The lowest BCUT2D eigenvalue weighted by Gasteiger charge is -2.18. The van der Waals surface area contributed by atoms with Gasteiger partial charge in [0, 0.05) is 42.2 Å². The SMILES string of the molecule is Cc1ccc(C(=O)CCC(=O)Nc2ccc3c(c2)N(C(=O)C2CC2)CC3)cc1. The molecule has 0 radical (unpaired) electrons. The lowest BCUT2D eigenvalue weighted by atomic mass is 10.0. The quantitative estimate of drug-likeness (QED) is 0.778. The number of nitrogens with zero attached hydrogens (tertiary/aromatic N) is 1. The number of carbonyl (C=O) groups excluding carboxylic acids is 3. The van der Waals surface area contributed by atoms with Gasteiger partial charge in [-0.2, -0.15) is 0 Å². The highest BCUT2D eigenvalue weighted by Crippen LogP contribution is 2.37. The van der Waals surface area contributed by atoms with Crippen LogP contribution in [0.1, 0.15) is 47.2 Å². The number of aryl methyl sites for hydroxylation is 1. The summed E-state index contributed by atoms with van der Waals surface area (Å²) in [6.45, 7) is 2.69. The first kappa shape index (κ1) is 18.4. The van der Waals surface area contributed by atoms with E-state index < -0.39 is 0 Å². The largest absolute Gasteiger partial charge is 0.326 e. The number of ketones is 1. The molecule has 0 spiro atoms. The van der Waals surface area contributed by atoms with Crippen LogP contribution in [0.25, 0.3) is 0 Å². The standard InChI is InChI=1S/C23H24N2O3/c1-15-2-4-17(5-3-15)21(26)10-11-22(27)24-19-9-8-16-12-13-25(20(16)14-19)23(28)18-6-7-18/h2-5,8-9,14,18H,6-7,10-13H2,1H3,(H,24,27). The zero-order valence-electron chi connectivity index (χ0n) is 16.0. The second-order valence-electron chi connectivity index (χ2n) is 7.70. The molecule has 28 heavy (non-hydrogen) atoms. The maximum absolute atomic E-state index is 12.4. The van der Waals surface area contributed by atoms with Gasteiger partial charge in [0.15, 0.2) is 5.78 Å². The third-order valence-electron chi connectivity index (χ3n) is 5.41. The van der Waals surface area contributed by atoms with E-state index in [0.717, 1.165) is 36.1 Å². The maximum Gasteiger partial charge on any atom is 0.230 e. The molecule has 5 heteroatoms. The van der Waals surface area contributed by atoms with Crippen molar-refractivity contribution in [1.29, 1.82) is 0 Å². The Hall–Kier alpha value is -2.95. The van der Waals surface area contributed by atoms with Crippen LogP contribution in [-0.4, -0.2) is 24.1 Å². The van der Waals surface area contributed by atoms with Gasteiger partial charge in [-0.3, -0.25) is 14.4 Å². The van der Waals surface area contributed by atoms with Gasteiger partial charge in [-0.05, 0) is 43.9 Å². The van der Waals surface area contributed by atoms with Crippen molar-refractivity contribution in [2.24, 2.45) is 5.92 Å². The van der Waals surface area contributed by atoms with Crippen LogP contribution in [0.3, 0.4) is 0 Å². The normalized spacial score (nSPS) is 15.2. The summed E-state index contributed by atoms with van der Waals surface area (Å²) in [5.41, 5.74) is 4.44. The second kappa shape index (κ2) is 7.58. The number of hydrogen-bond acceptors (Lipinski definition) is 3. The summed E-state index contributed by atoms with van der Waals surface area (Å²) in [6, 6.07) is 13.1. The van der Waals surface area contributed by atoms with Gasteiger partial charge in [0.1, 0.15) is 0 Å². The van der Waals surface area contributed by atoms with Gasteiger partial charge in [-0.15, -0.1) is 0 Å². The summed E-state index contributed by atoms with van der Waals surface area (Å²) in [6.07, 6.45) is 3.12. The van der Waals surface area contributed by atoms with Gasteiger partial charge in [0.25, 0.3) is 0 Å². The lowest BCUT2D eigenvalue weighted by molar-refractivity contribution is -0.119. The average molecular weight is 376 g/mol. The van der Waals surface area contributed by atoms with Crippen LogP contribution in [0.5, 0.6) is 0 Å². The summed E-state index contributed by atoms with van der Waals surface area (Å²) < 4.78 is 0. The van der Waals surface area contributed by atoms with Gasteiger partial charge < -0.3 is 10.2 Å². The van der Waals surface area contributed by atoms with Crippen molar-refractivity contribution < 1.29 is 14.4 Å². The Morgan fingerprint density at radius 1 is 1.04 bits per heavy atom. The minimum atomic E-state index is -0.196. The molecule has 2 amide bonds. The Morgan fingerprint density at radius 3 is 2.50 bits per heavy atom. The van der Waals surface area contributed by atoms with Crippen LogP contribution in [0.15, 0.2) is 42.5 Å². The zero-order valence-corrected chi connectivity index (χ0v) is 16.0. The summed E-state index contributed by atoms with van der Waals surface area (Å²) in [4.78, 5) is 38.8. The first-order chi connectivity index (χ1) is 13.5. The number of carbonyl (C=O) groups is 3. The van der Waals surface area contributed by atoms with Gasteiger partial charge in [0.05, 0.1) is 0 Å². The third kappa shape index (κ3) is 3.98. The number of nitrogens with one attached hydrogen (secondary N) is 1. The summed E-state index contributed by atoms with van der Waals surface area (Å²) in [7, 11) is 0. The minimum absolute atomic E-state index is 0.0368. The second-order valence-corrected chi connectivity index (χ2v) is 7.70. The first-order valence-corrected chi connectivity index (χ1v) is 9.85. The van der Waals surface area contributed by atoms with Crippen molar-refractivity contribution >= 4 is 29.0 Å². The molecule has 4 rings (SSSR count). The molecule has 144 valence electrons. The van der Waals surface area contributed by atoms with Crippen molar-refractivity contribution in [2.75, 3.05) is 16.8 Å². The molecule has 0 aromatic heterocycles. The maximum atomic E-state index is 12.4. The smallest absolute Gasteiger partial charge is 0.230 e. The molecule has 2 aromatic rings. The molecule has 1 heterocycles. The number of Topliss-reactive ketones (excluding diaryl/α,β-unsaturated/α-hetero) is 1. The molecule has 0 bridgehead atoms. The van der Waals surface area contributed by atoms with Crippen molar-refractivity contribution in [3.63, 3.8) is 0 Å². The van der Waals surface area contributed by atoms with E-state index in [-0.39, 0.29) is 36.4 Å². The van der Waals surface area contributed by atoms with E-state index in [1.54, 1.807) is 12.1 Å². The predicted molar refractivity (Wildman–Crippen MR) is 109 cm³/mol. The molecule has 1 aliphatic carbocycles. The fourth-order valence-electron chi connectivity index (χ4n) is 3.57. The number of rotatable bonds is 6. The fourth-order valence-corrected chi connectivity index (χ4v) is 3.57. The highest BCUT2D eigenvalue weighted by atomic mass is 16.2. The molecule has 1 N–H and O–H groups in total. The predicted octanol–water partition coefficient (Wildman–Crippen LogP) is 3.90. The monoisotopic (exact) mass is 376 g/mol. The van der Waals surface area contributed by atoms with E-state index in [4.69, 9.17) is 0 Å². The molecule has 1 aliphatic heterocycles. The lowest BCUT2D eigenvalue weighted by Crippen LogP contribution is -2.30. The molecule has 0 unspecified atom stereocenters. The van der Waals surface area contributed by atoms with E-state index in [1.165, 1.54) is 0 Å². The Labute approximate surface area is 164 Å². The van der Waals surface area contributed by atoms with E-state index in [2.05, 4.69) is 5.32 Å². The van der Waals surface area contributed by atoms with E-state index in [9.17, 15) is 14.4 Å². The van der Waals surface area contributed by atoms with E-state index in [1.807, 2.05) is 42.2 Å². The summed E-state index contributed by atoms with van der Waals surface area (Å²) >= 11 is 0. The Balaban J connectivity index is 1.36. The van der Waals surface area contributed by atoms with E-state index >= 15 is 0 Å². The molecule has 1 fully saturated rings. The van der Waals surface area contributed by atoms with Crippen LogP contribution in [0.2, 0.25) is 0 Å². The number of amides is 2. The molecule has 1 saturated carbocycles.